The molecule has 1 aromatic carbocycles. The number of nitrogens with zero attached hydrogens (tertiary/aromatic N) is 1. The highest BCUT2D eigenvalue weighted by atomic mass is 16.5. The first-order valence-corrected chi connectivity index (χ1v) is 9.14. The largest absolute Gasteiger partial charge is 0.456 e. The molecule has 0 aliphatic heterocycles. The Bertz CT molecular complexity index is 706. The van der Waals surface area contributed by atoms with E-state index < -0.39 is 30.1 Å². The topological polar surface area (TPSA) is 108 Å². The van der Waals surface area contributed by atoms with Crippen molar-refractivity contribution in [2.24, 2.45) is 0 Å². The van der Waals surface area contributed by atoms with Crippen molar-refractivity contribution in [3.8, 4) is 6.07 Å². The van der Waals surface area contributed by atoms with Gasteiger partial charge in [-0.3, -0.25) is 14.4 Å². The van der Waals surface area contributed by atoms with Gasteiger partial charge in [0.15, 0.2) is 6.61 Å². The number of esters is 1. The number of ether oxygens (including phenoxy) is 1. The van der Waals surface area contributed by atoms with Crippen LogP contribution in [0.25, 0.3) is 0 Å². The van der Waals surface area contributed by atoms with E-state index in [1.807, 2.05) is 18.2 Å². The summed E-state index contributed by atoms with van der Waals surface area (Å²) in [5, 5.41) is 14.8. The van der Waals surface area contributed by atoms with Gasteiger partial charge in [-0.05, 0) is 18.4 Å². The SMILES string of the molecule is CC(=O)N[C@H](CC(=O)OCC(=O)NC1(C#N)CCCCC1)c1ccccc1. The maximum absolute atomic E-state index is 12.1. The minimum absolute atomic E-state index is 0.0831. The number of carbonyl (C=O) groups excluding carboxylic acids is 3. The summed E-state index contributed by atoms with van der Waals surface area (Å²) in [6.45, 7) is 0.935. The highest BCUT2D eigenvalue weighted by Crippen LogP contribution is 2.27. The molecule has 0 spiro atoms. The summed E-state index contributed by atoms with van der Waals surface area (Å²) < 4.78 is 5.06. The van der Waals surface area contributed by atoms with Gasteiger partial charge in [-0.2, -0.15) is 5.26 Å². The third-order valence-corrected chi connectivity index (χ3v) is 4.61. The lowest BCUT2D eigenvalue weighted by molar-refractivity contribution is -0.149. The number of amides is 2. The summed E-state index contributed by atoms with van der Waals surface area (Å²) in [4.78, 5) is 35.6. The van der Waals surface area contributed by atoms with Crippen LogP contribution in [-0.4, -0.2) is 29.9 Å². The fraction of sp³-hybridized carbons (Fsp3) is 0.500. The van der Waals surface area contributed by atoms with Crippen molar-refractivity contribution in [1.29, 1.82) is 5.26 Å². The van der Waals surface area contributed by atoms with Gasteiger partial charge in [-0.1, -0.05) is 49.6 Å². The standard InChI is InChI=1S/C20H25N3O4/c1-15(24)22-17(16-8-4-2-5-9-16)12-19(26)27-13-18(25)23-20(14-21)10-6-3-7-11-20/h2,4-5,8-9,17H,3,6-7,10-13H2,1H3,(H,22,24)(H,23,25)/t17-/m1/s1. The lowest BCUT2D eigenvalue weighted by atomic mass is 9.83. The normalized spacial score (nSPS) is 16.4. The summed E-state index contributed by atoms with van der Waals surface area (Å²) in [5.41, 5.74) is -0.0791. The molecule has 0 radical (unpaired) electrons. The van der Waals surface area contributed by atoms with E-state index >= 15 is 0 Å². The van der Waals surface area contributed by atoms with E-state index in [4.69, 9.17) is 4.74 Å². The first kappa shape index (κ1) is 20.4. The lowest BCUT2D eigenvalue weighted by Crippen LogP contribution is -2.50. The predicted octanol–water partition coefficient (Wildman–Crippen LogP) is 2.14. The number of hydrogen-bond donors (Lipinski definition) is 2. The first-order chi connectivity index (χ1) is 12.9. The van der Waals surface area contributed by atoms with Crippen LogP contribution in [0, 0.1) is 11.3 Å². The monoisotopic (exact) mass is 371 g/mol. The highest BCUT2D eigenvalue weighted by molar-refractivity contribution is 5.82. The molecule has 7 heteroatoms. The molecule has 7 nitrogen and oxygen atoms in total. The molecule has 0 heterocycles. The molecular weight excluding hydrogens is 346 g/mol. The van der Waals surface area contributed by atoms with Gasteiger partial charge in [0.25, 0.3) is 5.91 Å². The van der Waals surface area contributed by atoms with Gasteiger partial charge >= 0.3 is 5.97 Å². The number of nitrogens with one attached hydrogen (secondary N) is 2. The van der Waals surface area contributed by atoms with Crippen molar-refractivity contribution in [3.05, 3.63) is 35.9 Å². The Balaban J connectivity index is 1.87. The fourth-order valence-electron chi connectivity index (χ4n) is 3.28. The van der Waals surface area contributed by atoms with Gasteiger partial charge in [0.05, 0.1) is 18.5 Å². The minimum atomic E-state index is -0.857. The predicted molar refractivity (Wildman–Crippen MR) is 98.1 cm³/mol. The van der Waals surface area contributed by atoms with Gasteiger partial charge in [-0.25, -0.2) is 0 Å². The molecule has 2 amide bonds. The van der Waals surface area contributed by atoms with Crippen LogP contribution in [0.3, 0.4) is 0 Å². The van der Waals surface area contributed by atoms with E-state index in [2.05, 4.69) is 16.7 Å². The third-order valence-electron chi connectivity index (χ3n) is 4.61. The molecule has 27 heavy (non-hydrogen) atoms. The van der Waals surface area contributed by atoms with Crippen molar-refractivity contribution in [2.75, 3.05) is 6.61 Å². The van der Waals surface area contributed by atoms with Crippen LogP contribution in [0.1, 0.15) is 57.1 Å². The maximum atomic E-state index is 12.1. The van der Waals surface area contributed by atoms with Crippen LogP contribution in [-0.2, 0) is 19.1 Å². The summed E-state index contributed by atoms with van der Waals surface area (Å²) in [6, 6.07) is 10.7. The van der Waals surface area contributed by atoms with Crippen molar-refractivity contribution < 1.29 is 19.1 Å². The Labute approximate surface area is 159 Å². The second-order valence-electron chi connectivity index (χ2n) is 6.83. The van der Waals surface area contributed by atoms with Crippen LogP contribution in [0.2, 0.25) is 0 Å². The molecule has 144 valence electrons. The Kier molecular flexibility index (Phi) is 7.35. The Morgan fingerprint density at radius 3 is 2.44 bits per heavy atom. The molecule has 0 unspecified atom stereocenters. The average Bonchev–Trinajstić information content (AvgIpc) is 2.67. The fourth-order valence-corrected chi connectivity index (χ4v) is 3.28. The van der Waals surface area contributed by atoms with Crippen LogP contribution < -0.4 is 10.6 Å². The molecule has 0 bridgehead atoms. The van der Waals surface area contributed by atoms with Crippen molar-refractivity contribution >= 4 is 17.8 Å². The molecule has 1 aliphatic rings. The zero-order valence-corrected chi connectivity index (χ0v) is 15.5. The third kappa shape index (κ3) is 6.41. The highest BCUT2D eigenvalue weighted by Gasteiger charge is 2.33. The Morgan fingerprint density at radius 2 is 1.85 bits per heavy atom. The molecule has 1 aromatic rings. The van der Waals surface area contributed by atoms with Crippen LogP contribution in [0.4, 0.5) is 0 Å². The van der Waals surface area contributed by atoms with E-state index in [9.17, 15) is 19.6 Å². The number of benzene rings is 1. The number of hydrogen-bond acceptors (Lipinski definition) is 5. The summed E-state index contributed by atoms with van der Waals surface area (Å²) in [5.74, 6) is -1.34. The van der Waals surface area contributed by atoms with Crippen molar-refractivity contribution in [2.45, 2.75) is 57.0 Å². The van der Waals surface area contributed by atoms with Crippen LogP contribution in [0.15, 0.2) is 30.3 Å². The van der Waals surface area contributed by atoms with Gasteiger partial charge in [0.2, 0.25) is 5.91 Å². The molecule has 1 saturated carbocycles. The molecule has 1 aliphatic carbocycles. The molecule has 1 fully saturated rings. The van der Waals surface area contributed by atoms with E-state index in [0.717, 1.165) is 24.8 Å². The zero-order valence-electron chi connectivity index (χ0n) is 15.5. The number of rotatable bonds is 7. The van der Waals surface area contributed by atoms with Crippen LogP contribution in [0.5, 0.6) is 0 Å². The molecule has 0 aromatic heterocycles. The van der Waals surface area contributed by atoms with Gasteiger partial charge < -0.3 is 15.4 Å². The van der Waals surface area contributed by atoms with Crippen molar-refractivity contribution in [1.82, 2.24) is 10.6 Å². The molecule has 2 rings (SSSR count). The van der Waals surface area contributed by atoms with Gasteiger partial charge in [0.1, 0.15) is 5.54 Å². The quantitative estimate of drug-likeness (QED) is 0.714. The smallest absolute Gasteiger partial charge is 0.308 e. The van der Waals surface area contributed by atoms with Gasteiger partial charge in [-0.15, -0.1) is 0 Å². The van der Waals surface area contributed by atoms with Crippen LogP contribution >= 0.6 is 0 Å². The summed E-state index contributed by atoms with van der Waals surface area (Å²) in [6.07, 6.45) is 3.98. The second kappa shape index (κ2) is 9.72. The number of nitriles is 1. The Morgan fingerprint density at radius 1 is 1.19 bits per heavy atom. The second-order valence-corrected chi connectivity index (χ2v) is 6.83. The molecule has 2 N–H and O–H groups in total. The van der Waals surface area contributed by atoms with E-state index in [1.165, 1.54) is 6.92 Å². The van der Waals surface area contributed by atoms with E-state index in [0.29, 0.717) is 12.8 Å². The lowest BCUT2D eigenvalue weighted by Gasteiger charge is -2.31. The summed E-state index contributed by atoms with van der Waals surface area (Å²) in [7, 11) is 0. The maximum Gasteiger partial charge on any atom is 0.308 e. The molecular formula is C20H25N3O4. The zero-order chi connectivity index (χ0) is 19.7. The first-order valence-electron chi connectivity index (χ1n) is 9.14. The minimum Gasteiger partial charge on any atom is -0.456 e. The average molecular weight is 371 g/mol. The van der Waals surface area contributed by atoms with E-state index in [-0.39, 0.29) is 12.3 Å². The van der Waals surface area contributed by atoms with Gasteiger partial charge in [0, 0.05) is 6.92 Å². The molecule has 1 atom stereocenters. The number of carbonyl (C=O) groups is 3. The van der Waals surface area contributed by atoms with Crippen molar-refractivity contribution in [3.63, 3.8) is 0 Å². The summed E-state index contributed by atoms with van der Waals surface area (Å²) >= 11 is 0. The molecule has 0 saturated heterocycles. The Hall–Kier alpha value is -2.88. The van der Waals surface area contributed by atoms with E-state index in [1.54, 1.807) is 12.1 Å².